The quantitative estimate of drug-likeness (QED) is 0.568. The third kappa shape index (κ3) is 4.55. The molecule has 34 heavy (non-hydrogen) atoms. The van der Waals surface area contributed by atoms with Crippen molar-refractivity contribution in [1.82, 2.24) is 19.9 Å². The molecule has 2 aliphatic rings. The Morgan fingerprint density at radius 1 is 0.971 bits per heavy atom. The number of hydrogen-bond acceptors (Lipinski definition) is 7. The predicted molar refractivity (Wildman–Crippen MR) is 127 cm³/mol. The molecule has 0 aliphatic carbocycles. The average Bonchev–Trinajstić information content (AvgIpc) is 3.30. The van der Waals surface area contributed by atoms with Crippen molar-refractivity contribution >= 4 is 17.7 Å². The summed E-state index contributed by atoms with van der Waals surface area (Å²) >= 11 is 0. The lowest BCUT2D eigenvalue weighted by Gasteiger charge is -2.31. The van der Waals surface area contributed by atoms with Gasteiger partial charge in [-0.15, -0.1) is 0 Å². The molecule has 1 unspecified atom stereocenters. The van der Waals surface area contributed by atoms with Crippen molar-refractivity contribution in [3.8, 4) is 22.5 Å². The van der Waals surface area contributed by atoms with Gasteiger partial charge in [0.15, 0.2) is 0 Å². The molecule has 2 aliphatic heterocycles. The first-order valence-electron chi connectivity index (χ1n) is 11.7. The highest BCUT2D eigenvalue weighted by molar-refractivity contribution is 5.71. The van der Waals surface area contributed by atoms with E-state index in [2.05, 4.69) is 26.7 Å². The topological polar surface area (TPSA) is 95.3 Å². The van der Waals surface area contributed by atoms with Crippen molar-refractivity contribution in [2.24, 2.45) is 5.92 Å². The van der Waals surface area contributed by atoms with Gasteiger partial charge in [-0.2, -0.15) is 4.39 Å². The average molecular weight is 463 g/mol. The Morgan fingerprint density at radius 3 is 2.18 bits per heavy atom. The van der Waals surface area contributed by atoms with Crippen LogP contribution in [0.15, 0.2) is 42.7 Å². The van der Waals surface area contributed by atoms with Gasteiger partial charge in [-0.25, -0.2) is 19.9 Å². The van der Waals surface area contributed by atoms with Crippen LogP contribution in [-0.2, 0) is 4.79 Å². The molecule has 0 amide bonds. The Bertz CT molecular complexity index is 1160. The number of nitrogens with zero attached hydrogens (tertiary/aromatic N) is 6. The van der Waals surface area contributed by atoms with Crippen LogP contribution in [0.4, 0.5) is 16.2 Å². The van der Waals surface area contributed by atoms with Crippen molar-refractivity contribution in [3.05, 3.63) is 48.7 Å². The Hall–Kier alpha value is -3.62. The Labute approximate surface area is 197 Å². The summed E-state index contributed by atoms with van der Waals surface area (Å²) in [5, 5.41) is 9.22. The Kier molecular flexibility index (Phi) is 6.08. The second-order valence-electron chi connectivity index (χ2n) is 9.00. The van der Waals surface area contributed by atoms with E-state index in [1.54, 1.807) is 12.3 Å². The highest BCUT2D eigenvalue weighted by Gasteiger charge is 2.26. The zero-order valence-electron chi connectivity index (χ0n) is 19.1. The predicted octanol–water partition coefficient (Wildman–Crippen LogP) is 4.03. The number of anilines is 2. The van der Waals surface area contributed by atoms with Gasteiger partial charge < -0.3 is 14.9 Å². The highest BCUT2D eigenvalue weighted by Crippen LogP contribution is 2.30. The number of aliphatic carboxylic acids is 1. The number of aromatic nitrogens is 4. The first kappa shape index (κ1) is 22.2. The van der Waals surface area contributed by atoms with Crippen LogP contribution >= 0.6 is 0 Å². The van der Waals surface area contributed by atoms with Gasteiger partial charge in [-0.05, 0) is 62.9 Å². The first-order valence-corrected chi connectivity index (χ1v) is 11.7. The molecule has 0 bridgehead atoms. The van der Waals surface area contributed by atoms with Gasteiger partial charge in [-0.1, -0.05) is 0 Å². The summed E-state index contributed by atoms with van der Waals surface area (Å²) in [5.41, 5.74) is 3.01. The smallest absolute Gasteiger partial charge is 0.306 e. The van der Waals surface area contributed by atoms with E-state index in [1.807, 2.05) is 18.2 Å². The monoisotopic (exact) mass is 462 g/mol. The van der Waals surface area contributed by atoms with Crippen LogP contribution in [0.5, 0.6) is 0 Å². The highest BCUT2D eigenvalue weighted by atomic mass is 19.1. The molecule has 9 heteroatoms. The van der Waals surface area contributed by atoms with E-state index < -0.39 is 11.9 Å². The van der Waals surface area contributed by atoms with Gasteiger partial charge in [0.1, 0.15) is 5.82 Å². The second-order valence-corrected chi connectivity index (χ2v) is 9.00. The summed E-state index contributed by atoms with van der Waals surface area (Å²) in [6.45, 7) is 4.42. The van der Waals surface area contributed by atoms with Gasteiger partial charge in [0.05, 0.1) is 17.3 Å². The Balaban J connectivity index is 1.44. The fourth-order valence-corrected chi connectivity index (χ4v) is 4.70. The van der Waals surface area contributed by atoms with Crippen molar-refractivity contribution in [1.29, 1.82) is 0 Å². The Morgan fingerprint density at radius 2 is 1.65 bits per heavy atom. The van der Waals surface area contributed by atoms with E-state index in [-0.39, 0.29) is 5.92 Å². The second kappa shape index (κ2) is 9.32. The zero-order valence-corrected chi connectivity index (χ0v) is 19.1. The summed E-state index contributed by atoms with van der Waals surface area (Å²) in [7, 11) is 0. The summed E-state index contributed by atoms with van der Waals surface area (Å²) in [6.07, 6.45) is 6.71. The van der Waals surface area contributed by atoms with Crippen molar-refractivity contribution in [2.75, 3.05) is 29.4 Å². The van der Waals surface area contributed by atoms with Crippen molar-refractivity contribution < 1.29 is 14.3 Å². The van der Waals surface area contributed by atoms with Crippen LogP contribution in [0.1, 0.15) is 32.6 Å². The summed E-state index contributed by atoms with van der Waals surface area (Å²) in [5.74, 6) is -0.0393. The SMILES string of the molecule is CC1CCCN1c1nc(-c2ccc(F)nc2)cc(-c2ccc(N3CCC(C(=O)O)CC3)nc2)n1. The molecular formula is C25H27FN6O2. The van der Waals surface area contributed by atoms with Crippen molar-refractivity contribution in [3.63, 3.8) is 0 Å². The van der Waals surface area contributed by atoms with E-state index in [4.69, 9.17) is 9.97 Å². The standard InChI is InChI=1S/C25H27FN6O2/c1-16-3-2-10-32(16)25-29-20(18-4-6-22(26)27-14-18)13-21(30-25)19-5-7-23(28-15-19)31-11-8-17(9-12-31)24(33)34/h4-7,13-17H,2-3,8-12H2,1H3,(H,33,34). The van der Waals surface area contributed by atoms with E-state index in [9.17, 15) is 14.3 Å². The number of rotatable bonds is 5. The minimum Gasteiger partial charge on any atom is -0.481 e. The molecule has 0 spiro atoms. The van der Waals surface area contributed by atoms with Gasteiger partial charge >= 0.3 is 5.97 Å². The zero-order chi connectivity index (χ0) is 23.7. The number of carbonyl (C=O) groups is 1. The number of pyridine rings is 2. The summed E-state index contributed by atoms with van der Waals surface area (Å²) < 4.78 is 13.4. The van der Waals surface area contributed by atoms with Crippen molar-refractivity contribution in [2.45, 2.75) is 38.6 Å². The molecule has 0 saturated carbocycles. The lowest BCUT2D eigenvalue weighted by molar-refractivity contribution is -0.142. The molecule has 1 N–H and O–H groups in total. The lowest BCUT2D eigenvalue weighted by atomic mass is 9.97. The van der Waals surface area contributed by atoms with E-state index in [0.717, 1.165) is 42.0 Å². The summed E-state index contributed by atoms with van der Waals surface area (Å²) in [6, 6.07) is 9.18. The maximum Gasteiger partial charge on any atom is 0.306 e. The third-order valence-electron chi connectivity index (χ3n) is 6.76. The van der Waals surface area contributed by atoms with Gasteiger partial charge in [0.2, 0.25) is 11.9 Å². The first-order chi connectivity index (χ1) is 16.5. The van der Waals surface area contributed by atoms with Crippen LogP contribution in [0.3, 0.4) is 0 Å². The molecule has 5 rings (SSSR count). The molecule has 3 aromatic rings. The molecule has 3 aromatic heterocycles. The fourth-order valence-electron chi connectivity index (χ4n) is 4.70. The molecule has 176 valence electrons. The number of carboxylic acids is 1. The molecule has 0 radical (unpaired) electrons. The molecule has 0 aromatic carbocycles. The van der Waals surface area contributed by atoms with E-state index >= 15 is 0 Å². The summed E-state index contributed by atoms with van der Waals surface area (Å²) in [4.78, 5) is 33.6. The van der Waals surface area contributed by atoms with E-state index in [1.165, 1.54) is 12.3 Å². The maximum absolute atomic E-state index is 13.4. The molecule has 5 heterocycles. The van der Waals surface area contributed by atoms with Crippen LogP contribution in [0.2, 0.25) is 0 Å². The van der Waals surface area contributed by atoms with Crippen LogP contribution < -0.4 is 9.80 Å². The minimum absolute atomic E-state index is 0.276. The molecule has 2 saturated heterocycles. The van der Waals surface area contributed by atoms with Crippen LogP contribution in [0.25, 0.3) is 22.5 Å². The number of halogens is 1. The molecular weight excluding hydrogens is 435 g/mol. The number of carboxylic acid groups (broad SMARTS) is 1. The minimum atomic E-state index is -0.720. The van der Waals surface area contributed by atoms with Gasteiger partial charge in [0.25, 0.3) is 0 Å². The fraction of sp³-hybridized carbons (Fsp3) is 0.400. The number of hydrogen-bond donors (Lipinski definition) is 1. The maximum atomic E-state index is 13.4. The normalized spacial score (nSPS) is 18.9. The number of piperidine rings is 1. The van der Waals surface area contributed by atoms with Crippen LogP contribution in [0, 0.1) is 11.9 Å². The molecule has 1 atom stereocenters. The van der Waals surface area contributed by atoms with Crippen LogP contribution in [-0.4, -0.2) is 56.7 Å². The third-order valence-corrected chi connectivity index (χ3v) is 6.76. The van der Waals surface area contributed by atoms with E-state index in [0.29, 0.717) is 43.6 Å². The molecule has 8 nitrogen and oxygen atoms in total. The molecule has 2 fully saturated rings. The van der Waals surface area contributed by atoms with Gasteiger partial charge in [-0.3, -0.25) is 4.79 Å². The largest absolute Gasteiger partial charge is 0.481 e. The van der Waals surface area contributed by atoms with Gasteiger partial charge in [0, 0.05) is 49.2 Å². The lowest BCUT2D eigenvalue weighted by Crippen LogP contribution is -2.36.